The van der Waals surface area contributed by atoms with Crippen molar-refractivity contribution in [3.63, 3.8) is 0 Å². The van der Waals surface area contributed by atoms with Gasteiger partial charge in [-0.05, 0) is 54.8 Å². The van der Waals surface area contributed by atoms with Gasteiger partial charge in [-0.15, -0.1) is 0 Å². The standard InChI is InChI=1S/C25H19FN6O2/c1-31(15-27)24(34)16-3-2-4-17(11-16)25(9-10-25)30-23(33)21-12-28-14-22-20(21)13-29-32(22)19-7-5-18(26)6-8-19/h2-8,11-14H,9-10H2,1H3,(H,30,33). The first-order valence-corrected chi connectivity index (χ1v) is 10.6. The van der Waals surface area contributed by atoms with Gasteiger partial charge in [0.2, 0.25) is 0 Å². The van der Waals surface area contributed by atoms with Gasteiger partial charge in [-0.2, -0.15) is 10.4 Å². The third-order valence-electron chi connectivity index (χ3n) is 6.03. The van der Waals surface area contributed by atoms with Gasteiger partial charge in [0.1, 0.15) is 5.82 Å². The summed E-state index contributed by atoms with van der Waals surface area (Å²) >= 11 is 0. The van der Waals surface area contributed by atoms with E-state index in [1.165, 1.54) is 25.4 Å². The SMILES string of the molecule is CN(C#N)C(=O)c1cccc(C2(NC(=O)c3cncc4c3cnn4-c3ccc(F)cc3)CC2)c1. The lowest BCUT2D eigenvalue weighted by atomic mass is 10.0. The van der Waals surface area contributed by atoms with E-state index in [-0.39, 0.29) is 11.7 Å². The van der Waals surface area contributed by atoms with E-state index in [1.54, 1.807) is 53.6 Å². The Balaban J connectivity index is 1.44. The number of benzene rings is 2. The lowest BCUT2D eigenvalue weighted by molar-refractivity contribution is 0.0858. The number of halogens is 1. The average molecular weight is 454 g/mol. The van der Waals surface area contributed by atoms with Crippen LogP contribution in [0.1, 0.15) is 39.1 Å². The van der Waals surface area contributed by atoms with E-state index < -0.39 is 11.4 Å². The van der Waals surface area contributed by atoms with Crippen LogP contribution >= 0.6 is 0 Å². The third kappa shape index (κ3) is 3.65. The van der Waals surface area contributed by atoms with Crippen LogP contribution in [0.2, 0.25) is 0 Å². The smallest absolute Gasteiger partial charge is 0.266 e. The molecule has 0 bridgehead atoms. The summed E-state index contributed by atoms with van der Waals surface area (Å²) in [6.45, 7) is 0. The molecule has 8 nitrogen and oxygen atoms in total. The summed E-state index contributed by atoms with van der Waals surface area (Å²) in [5.41, 5.74) is 2.24. The molecule has 1 saturated carbocycles. The van der Waals surface area contributed by atoms with Crippen LogP contribution in [0.15, 0.2) is 67.1 Å². The summed E-state index contributed by atoms with van der Waals surface area (Å²) in [5.74, 6) is -1.06. The van der Waals surface area contributed by atoms with E-state index in [0.717, 1.165) is 23.3 Å². The Morgan fingerprint density at radius 2 is 1.91 bits per heavy atom. The fourth-order valence-electron chi connectivity index (χ4n) is 4.00. The summed E-state index contributed by atoms with van der Waals surface area (Å²) in [7, 11) is 1.41. The molecule has 0 atom stereocenters. The molecule has 0 aliphatic heterocycles. The van der Waals surface area contributed by atoms with Gasteiger partial charge >= 0.3 is 0 Å². The van der Waals surface area contributed by atoms with Crippen molar-refractivity contribution in [2.75, 3.05) is 7.05 Å². The van der Waals surface area contributed by atoms with Crippen LogP contribution in [0.3, 0.4) is 0 Å². The van der Waals surface area contributed by atoms with Crippen molar-refractivity contribution in [3.05, 3.63) is 89.6 Å². The van der Waals surface area contributed by atoms with Crippen molar-refractivity contribution < 1.29 is 14.0 Å². The zero-order chi connectivity index (χ0) is 23.9. The Kier molecular flexibility index (Phi) is 5.06. The summed E-state index contributed by atoms with van der Waals surface area (Å²) in [6, 6.07) is 12.9. The second-order valence-electron chi connectivity index (χ2n) is 8.23. The van der Waals surface area contributed by atoms with Crippen molar-refractivity contribution in [1.29, 1.82) is 5.26 Å². The fourth-order valence-corrected chi connectivity index (χ4v) is 4.00. The van der Waals surface area contributed by atoms with Gasteiger partial charge in [0.25, 0.3) is 11.8 Å². The monoisotopic (exact) mass is 454 g/mol. The number of nitrogens with one attached hydrogen (secondary N) is 1. The largest absolute Gasteiger partial charge is 0.342 e. The van der Waals surface area contributed by atoms with Crippen molar-refractivity contribution in [1.82, 2.24) is 25.0 Å². The summed E-state index contributed by atoms with van der Waals surface area (Å²) in [5, 5.41) is 17.1. The number of nitrogens with zero attached hydrogens (tertiary/aromatic N) is 5. The lowest BCUT2D eigenvalue weighted by Gasteiger charge is -2.19. The molecule has 1 aliphatic rings. The molecule has 168 valence electrons. The van der Waals surface area contributed by atoms with Gasteiger partial charge < -0.3 is 5.32 Å². The number of pyridine rings is 1. The van der Waals surface area contributed by atoms with Crippen LogP contribution in [0.4, 0.5) is 4.39 Å². The molecule has 0 spiro atoms. The molecule has 2 amide bonds. The van der Waals surface area contributed by atoms with E-state index >= 15 is 0 Å². The molecule has 1 N–H and O–H groups in total. The molecule has 34 heavy (non-hydrogen) atoms. The van der Waals surface area contributed by atoms with Crippen molar-refractivity contribution in [3.8, 4) is 11.9 Å². The highest BCUT2D eigenvalue weighted by atomic mass is 19.1. The van der Waals surface area contributed by atoms with Crippen LogP contribution in [-0.4, -0.2) is 38.5 Å². The molecule has 1 fully saturated rings. The van der Waals surface area contributed by atoms with Gasteiger partial charge in [-0.25, -0.2) is 14.0 Å². The fraction of sp³-hybridized carbons (Fsp3) is 0.160. The van der Waals surface area contributed by atoms with Crippen LogP contribution in [0, 0.1) is 17.3 Å². The maximum absolute atomic E-state index is 13.3. The third-order valence-corrected chi connectivity index (χ3v) is 6.03. The van der Waals surface area contributed by atoms with Gasteiger partial charge in [-0.3, -0.25) is 14.6 Å². The molecule has 0 saturated heterocycles. The number of hydrogen-bond acceptors (Lipinski definition) is 5. The quantitative estimate of drug-likeness (QED) is 0.367. The summed E-state index contributed by atoms with van der Waals surface area (Å²) in [6.07, 6.45) is 7.94. The van der Waals surface area contributed by atoms with Crippen LogP contribution in [-0.2, 0) is 5.54 Å². The predicted octanol–water partition coefficient (Wildman–Crippen LogP) is 3.53. The number of nitriles is 1. The first-order valence-electron chi connectivity index (χ1n) is 10.6. The van der Waals surface area contributed by atoms with E-state index in [2.05, 4.69) is 15.4 Å². The van der Waals surface area contributed by atoms with Crippen molar-refractivity contribution in [2.24, 2.45) is 0 Å². The van der Waals surface area contributed by atoms with E-state index in [9.17, 15) is 14.0 Å². The Bertz CT molecular complexity index is 1470. The van der Waals surface area contributed by atoms with Gasteiger partial charge in [0, 0.05) is 24.2 Å². The number of carbonyl (C=O) groups excluding carboxylic acids is 2. The molecule has 4 aromatic rings. The first kappa shape index (κ1) is 21.3. The molecule has 2 aromatic heterocycles. The highest BCUT2D eigenvalue weighted by Gasteiger charge is 2.46. The maximum Gasteiger partial charge on any atom is 0.266 e. The molecule has 2 aromatic carbocycles. The summed E-state index contributed by atoms with van der Waals surface area (Å²) in [4.78, 5) is 30.9. The highest BCUT2D eigenvalue weighted by molar-refractivity contribution is 6.06. The minimum Gasteiger partial charge on any atom is -0.342 e. The molecule has 0 radical (unpaired) electrons. The highest BCUT2D eigenvalue weighted by Crippen LogP contribution is 2.46. The number of amides is 2. The zero-order valence-electron chi connectivity index (χ0n) is 18.2. The Labute approximate surface area is 194 Å². The number of rotatable bonds is 5. The Morgan fingerprint density at radius 1 is 1.15 bits per heavy atom. The minimum absolute atomic E-state index is 0.305. The first-order chi connectivity index (χ1) is 16.4. The molecule has 9 heteroatoms. The van der Waals surface area contributed by atoms with E-state index in [4.69, 9.17) is 5.26 Å². The van der Waals surface area contributed by atoms with E-state index in [0.29, 0.717) is 27.7 Å². The van der Waals surface area contributed by atoms with Gasteiger partial charge in [0.05, 0.1) is 34.7 Å². The maximum atomic E-state index is 13.3. The molecular formula is C25H19FN6O2. The minimum atomic E-state index is -0.590. The van der Waals surface area contributed by atoms with E-state index in [1.807, 2.05) is 6.07 Å². The average Bonchev–Trinajstić information content (AvgIpc) is 3.52. The van der Waals surface area contributed by atoms with Crippen LogP contribution < -0.4 is 5.32 Å². The molecule has 5 rings (SSSR count). The second kappa shape index (κ2) is 8.08. The normalized spacial score (nSPS) is 13.8. The topological polar surface area (TPSA) is 104 Å². The van der Waals surface area contributed by atoms with Crippen LogP contribution in [0.5, 0.6) is 0 Å². The summed E-state index contributed by atoms with van der Waals surface area (Å²) < 4.78 is 14.9. The molecule has 1 aliphatic carbocycles. The van der Waals surface area contributed by atoms with Gasteiger partial charge in [0.15, 0.2) is 6.19 Å². The van der Waals surface area contributed by atoms with Gasteiger partial charge in [-0.1, -0.05) is 12.1 Å². The predicted molar refractivity (Wildman–Crippen MR) is 121 cm³/mol. The number of aromatic nitrogens is 3. The number of hydrogen-bond donors (Lipinski definition) is 1. The molecule has 0 unspecified atom stereocenters. The number of fused-ring (bicyclic) bond motifs is 1. The lowest BCUT2D eigenvalue weighted by Crippen LogP contribution is -2.35. The van der Waals surface area contributed by atoms with Crippen LogP contribution in [0.25, 0.3) is 16.6 Å². The molecule has 2 heterocycles. The van der Waals surface area contributed by atoms with Crippen molar-refractivity contribution >= 4 is 22.7 Å². The molecular weight excluding hydrogens is 435 g/mol. The van der Waals surface area contributed by atoms with Crippen molar-refractivity contribution in [2.45, 2.75) is 18.4 Å². The Morgan fingerprint density at radius 3 is 2.62 bits per heavy atom. The zero-order valence-corrected chi connectivity index (χ0v) is 18.2. The second-order valence-corrected chi connectivity index (χ2v) is 8.23. The Hall–Kier alpha value is -4.58. The number of carbonyl (C=O) groups is 2.